The summed E-state index contributed by atoms with van der Waals surface area (Å²) in [5.74, 6) is 0. The molecule has 1 atom stereocenters. The van der Waals surface area contributed by atoms with Gasteiger partial charge in [-0.25, -0.2) is 0 Å². The molecule has 0 aliphatic carbocycles. The van der Waals surface area contributed by atoms with Crippen molar-refractivity contribution in [2.45, 2.75) is 18.6 Å². The number of thiophene rings is 1. The Hall–Kier alpha value is -2.31. The van der Waals surface area contributed by atoms with Crippen LogP contribution in [0.3, 0.4) is 0 Å². The highest BCUT2D eigenvalue weighted by molar-refractivity contribution is 7.10. The highest BCUT2D eigenvalue weighted by Gasteiger charge is 2.34. The maximum atomic E-state index is 13.1. The van der Waals surface area contributed by atoms with E-state index in [2.05, 4.69) is 5.10 Å². The molecular formula is C20H14ClF3N2S. The molecule has 138 valence electrons. The summed E-state index contributed by atoms with van der Waals surface area (Å²) in [7, 11) is 0. The standard InChI is InChI=1S/C20H14ClF3N2S/c21-15-8-6-13(7-9-15)17-12-18(19-5-2-10-27-19)26(25-17)16-4-1-3-14(11-16)20(22,23)24/h1-11,18H,12H2/t18-/m1/s1. The minimum absolute atomic E-state index is 0.140. The van der Waals surface area contributed by atoms with Crippen molar-refractivity contribution in [1.82, 2.24) is 0 Å². The Bertz CT molecular complexity index is 966. The van der Waals surface area contributed by atoms with Gasteiger partial charge in [-0.3, -0.25) is 5.01 Å². The molecular weight excluding hydrogens is 393 g/mol. The van der Waals surface area contributed by atoms with Crippen molar-refractivity contribution in [1.29, 1.82) is 0 Å². The number of halogens is 4. The van der Waals surface area contributed by atoms with E-state index < -0.39 is 11.7 Å². The Balaban J connectivity index is 1.76. The van der Waals surface area contributed by atoms with E-state index in [4.69, 9.17) is 11.6 Å². The molecule has 4 rings (SSSR count). The fourth-order valence-corrected chi connectivity index (χ4v) is 4.03. The lowest BCUT2D eigenvalue weighted by Gasteiger charge is -2.23. The molecule has 1 aliphatic heterocycles. The fraction of sp³-hybridized carbons (Fsp3) is 0.150. The van der Waals surface area contributed by atoms with Crippen LogP contribution < -0.4 is 5.01 Å². The number of benzene rings is 2. The van der Waals surface area contributed by atoms with Crippen LogP contribution in [0.4, 0.5) is 18.9 Å². The zero-order chi connectivity index (χ0) is 19.0. The largest absolute Gasteiger partial charge is 0.416 e. The van der Waals surface area contributed by atoms with Gasteiger partial charge in [-0.1, -0.05) is 35.9 Å². The molecule has 27 heavy (non-hydrogen) atoms. The van der Waals surface area contributed by atoms with E-state index in [1.54, 1.807) is 34.5 Å². The van der Waals surface area contributed by atoms with Crippen molar-refractivity contribution in [2.24, 2.45) is 5.10 Å². The lowest BCUT2D eigenvalue weighted by molar-refractivity contribution is -0.137. The molecule has 0 saturated carbocycles. The summed E-state index contributed by atoms with van der Waals surface area (Å²) in [5, 5.41) is 8.94. The van der Waals surface area contributed by atoms with E-state index in [1.165, 1.54) is 6.07 Å². The Kier molecular flexibility index (Phi) is 4.70. The number of hydrogen-bond donors (Lipinski definition) is 0. The van der Waals surface area contributed by atoms with Crippen LogP contribution in [0.15, 0.2) is 71.1 Å². The topological polar surface area (TPSA) is 15.6 Å². The third kappa shape index (κ3) is 3.73. The normalized spacial score (nSPS) is 17.3. The van der Waals surface area contributed by atoms with Crippen LogP contribution in [0.5, 0.6) is 0 Å². The molecule has 0 bridgehead atoms. The Morgan fingerprint density at radius 2 is 1.81 bits per heavy atom. The third-order valence-electron chi connectivity index (χ3n) is 4.40. The van der Waals surface area contributed by atoms with E-state index in [0.29, 0.717) is 17.1 Å². The van der Waals surface area contributed by atoms with E-state index in [0.717, 1.165) is 28.3 Å². The van der Waals surface area contributed by atoms with Gasteiger partial charge in [-0.2, -0.15) is 18.3 Å². The second kappa shape index (κ2) is 7.02. The number of hydrazone groups is 1. The first-order valence-corrected chi connectivity index (χ1v) is 9.51. The molecule has 3 aromatic rings. The van der Waals surface area contributed by atoms with Crippen LogP contribution in [0.2, 0.25) is 5.02 Å². The monoisotopic (exact) mass is 406 g/mol. The third-order valence-corrected chi connectivity index (χ3v) is 5.62. The van der Waals surface area contributed by atoms with Crippen molar-refractivity contribution >= 4 is 34.3 Å². The van der Waals surface area contributed by atoms with Crippen molar-refractivity contribution in [3.63, 3.8) is 0 Å². The van der Waals surface area contributed by atoms with E-state index >= 15 is 0 Å². The first kappa shape index (κ1) is 18.1. The van der Waals surface area contributed by atoms with Crippen molar-refractivity contribution in [2.75, 3.05) is 5.01 Å². The quantitative estimate of drug-likeness (QED) is 0.468. The molecule has 2 nitrogen and oxygen atoms in total. The van der Waals surface area contributed by atoms with Crippen LogP contribution in [-0.2, 0) is 6.18 Å². The smallest absolute Gasteiger partial charge is 0.257 e. The number of nitrogens with zero attached hydrogens (tertiary/aromatic N) is 2. The summed E-state index contributed by atoms with van der Waals surface area (Å²) in [6.07, 6.45) is -3.78. The van der Waals surface area contributed by atoms with E-state index in [-0.39, 0.29) is 6.04 Å². The van der Waals surface area contributed by atoms with Gasteiger partial charge in [0.05, 0.1) is 23.0 Å². The average Bonchev–Trinajstić information content (AvgIpc) is 3.31. The zero-order valence-electron chi connectivity index (χ0n) is 13.9. The van der Waals surface area contributed by atoms with Crippen LogP contribution in [-0.4, -0.2) is 5.71 Å². The van der Waals surface area contributed by atoms with Gasteiger partial charge in [0.25, 0.3) is 0 Å². The molecule has 0 radical (unpaired) electrons. The molecule has 2 heterocycles. The number of anilines is 1. The van der Waals surface area contributed by atoms with Gasteiger partial charge in [0, 0.05) is 16.3 Å². The molecule has 0 spiro atoms. The summed E-state index contributed by atoms with van der Waals surface area (Å²) < 4.78 is 39.4. The summed E-state index contributed by atoms with van der Waals surface area (Å²) in [5.41, 5.74) is 1.48. The number of hydrogen-bond acceptors (Lipinski definition) is 3. The zero-order valence-corrected chi connectivity index (χ0v) is 15.5. The first-order chi connectivity index (χ1) is 12.9. The molecule has 0 unspecified atom stereocenters. The van der Waals surface area contributed by atoms with Gasteiger partial charge in [0.15, 0.2) is 0 Å². The fourth-order valence-electron chi connectivity index (χ4n) is 3.09. The van der Waals surface area contributed by atoms with E-state index in [1.807, 2.05) is 29.6 Å². The molecule has 2 aromatic carbocycles. The molecule has 0 saturated heterocycles. The number of rotatable bonds is 3. The molecule has 0 amide bonds. The maximum Gasteiger partial charge on any atom is 0.416 e. The lowest BCUT2D eigenvalue weighted by Crippen LogP contribution is -2.18. The molecule has 1 aliphatic rings. The van der Waals surface area contributed by atoms with Crippen LogP contribution in [0.1, 0.15) is 28.5 Å². The lowest BCUT2D eigenvalue weighted by atomic mass is 10.0. The Labute approximate surface area is 163 Å². The summed E-state index contributed by atoms with van der Waals surface area (Å²) >= 11 is 7.53. The minimum atomic E-state index is -4.39. The van der Waals surface area contributed by atoms with Crippen LogP contribution in [0.25, 0.3) is 0 Å². The number of alkyl halides is 3. The van der Waals surface area contributed by atoms with Crippen molar-refractivity contribution in [3.05, 3.63) is 87.1 Å². The Morgan fingerprint density at radius 1 is 1.04 bits per heavy atom. The van der Waals surface area contributed by atoms with Crippen molar-refractivity contribution < 1.29 is 13.2 Å². The van der Waals surface area contributed by atoms with Gasteiger partial charge in [-0.05, 0) is 47.3 Å². The van der Waals surface area contributed by atoms with Crippen LogP contribution in [0, 0.1) is 0 Å². The highest BCUT2D eigenvalue weighted by Crippen LogP contribution is 2.40. The molecule has 0 fully saturated rings. The summed E-state index contributed by atoms with van der Waals surface area (Å²) in [4.78, 5) is 1.06. The second-order valence-electron chi connectivity index (χ2n) is 6.18. The SMILES string of the molecule is FC(F)(F)c1cccc(N2N=C(c3ccc(Cl)cc3)C[C@@H]2c2cccs2)c1. The second-order valence-corrected chi connectivity index (χ2v) is 7.60. The van der Waals surface area contributed by atoms with Crippen molar-refractivity contribution in [3.8, 4) is 0 Å². The van der Waals surface area contributed by atoms with Gasteiger partial charge in [0.1, 0.15) is 0 Å². The summed E-state index contributed by atoms with van der Waals surface area (Å²) in [6, 6.07) is 16.4. The minimum Gasteiger partial charge on any atom is -0.257 e. The Morgan fingerprint density at radius 3 is 2.48 bits per heavy atom. The maximum absolute atomic E-state index is 13.1. The van der Waals surface area contributed by atoms with Gasteiger partial charge < -0.3 is 0 Å². The van der Waals surface area contributed by atoms with Crippen LogP contribution >= 0.6 is 22.9 Å². The highest BCUT2D eigenvalue weighted by atomic mass is 35.5. The average molecular weight is 407 g/mol. The van der Waals surface area contributed by atoms with Gasteiger partial charge >= 0.3 is 6.18 Å². The van der Waals surface area contributed by atoms with Gasteiger partial charge in [0.2, 0.25) is 0 Å². The van der Waals surface area contributed by atoms with E-state index in [9.17, 15) is 13.2 Å². The predicted octanol–water partition coefficient (Wildman–Crippen LogP) is 6.78. The molecule has 0 N–H and O–H groups in total. The molecule has 7 heteroatoms. The first-order valence-electron chi connectivity index (χ1n) is 8.25. The van der Waals surface area contributed by atoms with Gasteiger partial charge in [-0.15, -0.1) is 11.3 Å². The summed E-state index contributed by atoms with van der Waals surface area (Å²) in [6.45, 7) is 0. The predicted molar refractivity (Wildman–Crippen MR) is 104 cm³/mol. The molecule has 1 aromatic heterocycles.